The number of anilines is 1. The molecule has 0 unspecified atom stereocenters. The summed E-state index contributed by atoms with van der Waals surface area (Å²) in [7, 11) is 1.81. The van der Waals surface area contributed by atoms with E-state index in [9.17, 15) is 14.0 Å². The Balaban J connectivity index is 1.52. The van der Waals surface area contributed by atoms with E-state index in [1.54, 1.807) is 20.5 Å². The van der Waals surface area contributed by atoms with Crippen LogP contribution in [0.15, 0.2) is 22.7 Å². The summed E-state index contributed by atoms with van der Waals surface area (Å²) in [5.74, 6) is -0.665. The predicted molar refractivity (Wildman–Crippen MR) is 107 cm³/mol. The number of carbonyl (C=O) groups excluding carboxylic acids is 2. The van der Waals surface area contributed by atoms with Crippen LogP contribution in [0.1, 0.15) is 21.7 Å². The van der Waals surface area contributed by atoms with Crippen LogP contribution < -0.4 is 5.32 Å². The van der Waals surface area contributed by atoms with Gasteiger partial charge in [0.2, 0.25) is 0 Å². The van der Waals surface area contributed by atoms with Gasteiger partial charge in [-0.15, -0.1) is 0 Å². The van der Waals surface area contributed by atoms with E-state index in [1.807, 2.05) is 7.05 Å². The van der Waals surface area contributed by atoms with Gasteiger partial charge in [-0.3, -0.25) is 9.48 Å². The smallest absolute Gasteiger partial charge is 0.322 e. The molecule has 1 fully saturated rings. The van der Waals surface area contributed by atoms with E-state index < -0.39 is 11.8 Å². The minimum Gasteiger partial charge on any atom is -0.378 e. The standard InChI is InChI=1S/C19H21BrFN5O3/c1-24-16-4-5-26(19(28)22-15-3-2-12(20)10-14(15)21)11-13(16)17(23-24)18(27)25-6-8-29-9-7-25/h2-3,10H,4-9,11H2,1H3,(H,22,28). The zero-order valence-corrected chi connectivity index (χ0v) is 17.5. The molecule has 8 nitrogen and oxygen atoms in total. The van der Waals surface area contributed by atoms with Crippen molar-refractivity contribution in [1.82, 2.24) is 19.6 Å². The highest BCUT2D eigenvalue weighted by Gasteiger charge is 2.31. The van der Waals surface area contributed by atoms with Gasteiger partial charge in [-0.1, -0.05) is 15.9 Å². The number of fused-ring (bicyclic) bond motifs is 1. The molecule has 29 heavy (non-hydrogen) atoms. The van der Waals surface area contributed by atoms with Gasteiger partial charge >= 0.3 is 6.03 Å². The lowest BCUT2D eigenvalue weighted by Gasteiger charge is -2.29. The molecule has 154 valence electrons. The van der Waals surface area contributed by atoms with Gasteiger partial charge in [0, 0.05) is 48.8 Å². The highest BCUT2D eigenvalue weighted by Crippen LogP contribution is 2.25. The Hall–Kier alpha value is -2.46. The SMILES string of the molecule is Cn1nc(C(=O)N2CCOCC2)c2c1CCN(C(=O)Nc1ccc(Br)cc1F)C2. The van der Waals surface area contributed by atoms with E-state index >= 15 is 0 Å². The van der Waals surface area contributed by atoms with Crippen molar-refractivity contribution in [2.75, 3.05) is 38.2 Å². The Bertz CT molecular complexity index is 958. The first-order valence-corrected chi connectivity index (χ1v) is 10.2. The third-order valence-corrected chi connectivity index (χ3v) is 5.70. The summed E-state index contributed by atoms with van der Waals surface area (Å²) >= 11 is 3.20. The second-order valence-electron chi connectivity index (χ2n) is 7.03. The van der Waals surface area contributed by atoms with Crippen molar-refractivity contribution in [2.45, 2.75) is 13.0 Å². The Morgan fingerprint density at radius 3 is 2.69 bits per heavy atom. The van der Waals surface area contributed by atoms with Gasteiger partial charge in [0.25, 0.3) is 5.91 Å². The molecule has 3 amide bonds. The molecule has 10 heteroatoms. The summed E-state index contributed by atoms with van der Waals surface area (Å²) in [6.07, 6.45) is 0.575. The average molecular weight is 466 g/mol. The molecule has 1 saturated heterocycles. The summed E-state index contributed by atoms with van der Waals surface area (Å²) in [6.45, 7) is 2.77. The van der Waals surface area contributed by atoms with Crippen LogP contribution in [0.25, 0.3) is 0 Å². The second-order valence-corrected chi connectivity index (χ2v) is 7.94. The third-order valence-electron chi connectivity index (χ3n) is 5.20. The lowest BCUT2D eigenvalue weighted by molar-refractivity contribution is 0.0297. The van der Waals surface area contributed by atoms with Crippen molar-refractivity contribution in [1.29, 1.82) is 0 Å². The first-order chi connectivity index (χ1) is 13.9. The maximum atomic E-state index is 14.1. The molecule has 4 rings (SSSR count). The summed E-state index contributed by atoms with van der Waals surface area (Å²) in [5, 5.41) is 7.04. The molecular weight excluding hydrogens is 445 g/mol. The molecule has 2 aromatic rings. The third kappa shape index (κ3) is 3.99. The summed E-state index contributed by atoms with van der Waals surface area (Å²) in [6, 6.07) is 4.05. The highest BCUT2D eigenvalue weighted by atomic mass is 79.9. The number of rotatable bonds is 2. The van der Waals surface area contributed by atoms with Gasteiger partial charge in [-0.2, -0.15) is 5.10 Å². The summed E-state index contributed by atoms with van der Waals surface area (Å²) in [5.41, 5.74) is 2.18. The fourth-order valence-electron chi connectivity index (χ4n) is 3.64. The second kappa shape index (κ2) is 8.11. The van der Waals surface area contributed by atoms with Gasteiger partial charge in [0.15, 0.2) is 5.69 Å². The van der Waals surface area contributed by atoms with Crippen molar-refractivity contribution in [3.63, 3.8) is 0 Å². The van der Waals surface area contributed by atoms with Gasteiger partial charge in [-0.25, -0.2) is 9.18 Å². The number of carbonyl (C=O) groups is 2. The molecule has 0 bridgehead atoms. The van der Waals surface area contributed by atoms with Crippen molar-refractivity contribution < 1.29 is 18.7 Å². The van der Waals surface area contributed by atoms with Crippen LogP contribution in [0.2, 0.25) is 0 Å². The first-order valence-electron chi connectivity index (χ1n) is 9.37. The lowest BCUT2D eigenvalue weighted by atomic mass is 10.0. The van der Waals surface area contributed by atoms with Crippen LogP contribution in [0.5, 0.6) is 0 Å². The molecule has 3 heterocycles. The number of nitrogens with one attached hydrogen (secondary N) is 1. The zero-order chi connectivity index (χ0) is 20.5. The lowest BCUT2D eigenvalue weighted by Crippen LogP contribution is -2.42. The molecule has 0 spiro atoms. The van der Waals surface area contributed by atoms with E-state index in [4.69, 9.17) is 4.74 Å². The Kier molecular flexibility index (Phi) is 5.55. The number of urea groups is 1. The number of nitrogens with zero attached hydrogens (tertiary/aromatic N) is 4. The number of hydrogen-bond donors (Lipinski definition) is 1. The van der Waals surface area contributed by atoms with E-state index in [2.05, 4.69) is 26.3 Å². The van der Waals surface area contributed by atoms with Gasteiger partial charge < -0.3 is 19.9 Å². The van der Waals surface area contributed by atoms with Crippen LogP contribution in [0, 0.1) is 5.82 Å². The highest BCUT2D eigenvalue weighted by molar-refractivity contribution is 9.10. The number of ether oxygens (including phenoxy) is 1. The largest absolute Gasteiger partial charge is 0.378 e. The molecule has 0 radical (unpaired) electrons. The van der Waals surface area contributed by atoms with Crippen molar-refractivity contribution in [3.05, 3.63) is 45.4 Å². The quantitative estimate of drug-likeness (QED) is 0.738. The Morgan fingerprint density at radius 2 is 1.97 bits per heavy atom. The number of halogens is 2. The molecule has 0 saturated carbocycles. The maximum Gasteiger partial charge on any atom is 0.322 e. The number of amides is 3. The Labute approximate surface area is 175 Å². The van der Waals surface area contributed by atoms with Gasteiger partial charge in [0.1, 0.15) is 5.82 Å². The normalized spacial score (nSPS) is 16.5. The van der Waals surface area contributed by atoms with Crippen LogP contribution >= 0.6 is 15.9 Å². The number of hydrogen-bond acceptors (Lipinski definition) is 4. The number of aromatic nitrogens is 2. The van der Waals surface area contributed by atoms with E-state index in [1.165, 1.54) is 12.1 Å². The van der Waals surface area contributed by atoms with E-state index in [-0.39, 0.29) is 18.1 Å². The maximum absolute atomic E-state index is 14.1. The van der Waals surface area contributed by atoms with Crippen LogP contribution in [-0.4, -0.2) is 64.4 Å². The molecule has 1 aromatic carbocycles. The molecular formula is C19H21BrFN5O3. The predicted octanol–water partition coefficient (Wildman–Crippen LogP) is 2.38. The Morgan fingerprint density at radius 1 is 1.21 bits per heavy atom. The fourth-order valence-corrected chi connectivity index (χ4v) is 3.97. The topological polar surface area (TPSA) is 79.7 Å². The first kappa shape index (κ1) is 19.8. The number of benzene rings is 1. The molecule has 1 N–H and O–H groups in total. The van der Waals surface area contributed by atoms with Gasteiger partial charge in [-0.05, 0) is 18.2 Å². The zero-order valence-electron chi connectivity index (χ0n) is 16.0. The van der Waals surface area contributed by atoms with Crippen LogP contribution in [0.3, 0.4) is 0 Å². The molecule has 1 aromatic heterocycles. The fraction of sp³-hybridized carbons (Fsp3) is 0.421. The molecule has 0 aliphatic carbocycles. The van der Waals surface area contributed by atoms with Crippen LogP contribution in [-0.2, 0) is 24.8 Å². The van der Waals surface area contributed by atoms with Crippen molar-refractivity contribution >= 4 is 33.6 Å². The van der Waals surface area contributed by atoms with Crippen molar-refractivity contribution in [3.8, 4) is 0 Å². The molecule has 2 aliphatic heterocycles. The summed E-state index contributed by atoms with van der Waals surface area (Å²) < 4.78 is 21.7. The number of morpholine rings is 1. The average Bonchev–Trinajstić information content (AvgIpc) is 3.06. The summed E-state index contributed by atoms with van der Waals surface area (Å²) in [4.78, 5) is 28.9. The van der Waals surface area contributed by atoms with Crippen molar-refractivity contribution in [2.24, 2.45) is 7.05 Å². The number of aryl methyl sites for hydroxylation is 1. The van der Waals surface area contributed by atoms with Gasteiger partial charge in [0.05, 0.1) is 25.4 Å². The van der Waals surface area contributed by atoms with Crippen LogP contribution in [0.4, 0.5) is 14.9 Å². The molecule has 2 aliphatic rings. The minimum absolute atomic E-state index is 0.111. The minimum atomic E-state index is -0.519. The monoisotopic (exact) mass is 465 g/mol. The van der Waals surface area contributed by atoms with E-state index in [0.29, 0.717) is 49.4 Å². The van der Waals surface area contributed by atoms with E-state index in [0.717, 1.165) is 11.3 Å². The molecule has 0 atom stereocenters.